The second-order valence-electron chi connectivity index (χ2n) is 9.95. The van der Waals surface area contributed by atoms with E-state index in [0.29, 0.717) is 12.1 Å². The van der Waals surface area contributed by atoms with E-state index in [9.17, 15) is 9.59 Å². The van der Waals surface area contributed by atoms with E-state index in [1.165, 1.54) is 23.1 Å². The summed E-state index contributed by atoms with van der Waals surface area (Å²) in [5.41, 5.74) is 14.6. The summed E-state index contributed by atoms with van der Waals surface area (Å²) in [6.45, 7) is 11.4. The molecule has 2 aromatic rings. The number of aryl methyl sites for hydroxylation is 1. The molecule has 3 N–H and O–H groups in total. The fourth-order valence-electron chi connectivity index (χ4n) is 4.84. The Bertz CT molecular complexity index is 1060. The van der Waals surface area contributed by atoms with Gasteiger partial charge in [-0.3, -0.25) is 14.9 Å². The number of nitrogens with one attached hydrogen (secondary N) is 1. The summed E-state index contributed by atoms with van der Waals surface area (Å²) < 4.78 is 0. The van der Waals surface area contributed by atoms with E-state index in [1.54, 1.807) is 0 Å². The Morgan fingerprint density at radius 2 is 1.70 bits per heavy atom. The van der Waals surface area contributed by atoms with E-state index >= 15 is 0 Å². The minimum Gasteiger partial charge on any atom is -0.398 e. The molecule has 1 aliphatic heterocycles. The molecule has 0 radical (unpaired) electrons. The molecule has 158 valence electrons. The molecule has 1 atom stereocenters. The first kappa shape index (κ1) is 21.0. The molecule has 0 spiro atoms. The molecule has 1 unspecified atom stereocenters. The highest BCUT2D eigenvalue weighted by Crippen LogP contribution is 2.48. The molecule has 30 heavy (non-hydrogen) atoms. The molecule has 2 aromatic carbocycles. The van der Waals surface area contributed by atoms with Crippen molar-refractivity contribution in [3.05, 3.63) is 52.6 Å². The highest BCUT2D eigenvalue weighted by molar-refractivity contribution is 8.15. The maximum absolute atomic E-state index is 12.2. The molecular formula is C25H30N2O2S. The number of carbonyl (C=O) groups is 2. The number of hydrogen-bond acceptors (Lipinski definition) is 4. The Morgan fingerprint density at radius 3 is 2.30 bits per heavy atom. The number of anilines is 1. The standard InChI is InChI=1S/C25H30N2O2S/c1-14-11-17-18(25(4,5)10-9-24(17,2)3)13-16(14)21-15(7-6-8-19(21)26)12-20-22(28)27-23(29)30-20/h6-8,11,13,20H,9-10,12,26H2,1-5H3,(H,27,28,29). The average molecular weight is 423 g/mol. The van der Waals surface area contributed by atoms with Crippen LogP contribution < -0.4 is 11.1 Å². The Balaban J connectivity index is 1.86. The maximum Gasteiger partial charge on any atom is 0.286 e. The third-order valence-corrected chi connectivity index (χ3v) is 7.80. The van der Waals surface area contributed by atoms with E-state index in [2.05, 4.69) is 52.1 Å². The van der Waals surface area contributed by atoms with Crippen LogP contribution in [0.25, 0.3) is 11.1 Å². The van der Waals surface area contributed by atoms with Gasteiger partial charge in [0.15, 0.2) is 0 Å². The van der Waals surface area contributed by atoms with E-state index in [1.807, 2.05) is 18.2 Å². The molecule has 5 heteroatoms. The molecule has 2 aliphatic rings. The second kappa shape index (κ2) is 7.16. The van der Waals surface area contributed by atoms with Crippen LogP contribution in [0.5, 0.6) is 0 Å². The van der Waals surface area contributed by atoms with E-state index in [-0.39, 0.29) is 22.0 Å². The van der Waals surface area contributed by atoms with Crippen molar-refractivity contribution < 1.29 is 9.59 Å². The van der Waals surface area contributed by atoms with Crippen LogP contribution in [0.15, 0.2) is 30.3 Å². The smallest absolute Gasteiger partial charge is 0.286 e. The van der Waals surface area contributed by atoms with Crippen molar-refractivity contribution in [1.82, 2.24) is 5.32 Å². The zero-order valence-electron chi connectivity index (χ0n) is 18.4. The van der Waals surface area contributed by atoms with Gasteiger partial charge in [0, 0.05) is 11.3 Å². The third-order valence-electron chi connectivity index (χ3n) is 6.82. The molecule has 1 heterocycles. The Kier molecular flexibility index (Phi) is 5.00. The predicted octanol–water partition coefficient (Wildman–Crippen LogP) is 5.49. The minimum absolute atomic E-state index is 0.102. The lowest BCUT2D eigenvalue weighted by molar-refractivity contribution is -0.118. The molecule has 4 rings (SSSR count). The van der Waals surface area contributed by atoms with Gasteiger partial charge in [-0.1, -0.05) is 57.7 Å². The summed E-state index contributed by atoms with van der Waals surface area (Å²) in [7, 11) is 0. The first-order chi connectivity index (χ1) is 14.0. The SMILES string of the molecule is Cc1cc2c(cc1-c1c(N)cccc1CC1SC(=O)NC1=O)C(C)(C)CCC2(C)C. The van der Waals surface area contributed by atoms with Gasteiger partial charge in [-0.05, 0) is 77.0 Å². The summed E-state index contributed by atoms with van der Waals surface area (Å²) in [5, 5.41) is 1.70. The van der Waals surface area contributed by atoms with Gasteiger partial charge in [0.05, 0.1) is 5.25 Å². The molecule has 2 amide bonds. The fourth-order valence-corrected chi connectivity index (χ4v) is 5.68. The lowest BCUT2D eigenvalue weighted by Gasteiger charge is -2.42. The zero-order valence-corrected chi connectivity index (χ0v) is 19.2. The average Bonchev–Trinajstić information content (AvgIpc) is 2.97. The summed E-state index contributed by atoms with van der Waals surface area (Å²) in [6, 6.07) is 10.5. The van der Waals surface area contributed by atoms with Gasteiger partial charge >= 0.3 is 0 Å². The van der Waals surface area contributed by atoms with Crippen LogP contribution in [-0.2, 0) is 22.0 Å². The van der Waals surface area contributed by atoms with Crippen LogP contribution >= 0.6 is 11.8 Å². The number of rotatable bonds is 3. The van der Waals surface area contributed by atoms with Crippen molar-refractivity contribution in [1.29, 1.82) is 0 Å². The molecule has 0 aromatic heterocycles. The van der Waals surface area contributed by atoms with Gasteiger partial charge in [0.25, 0.3) is 5.24 Å². The summed E-state index contributed by atoms with van der Waals surface area (Å²) in [5.74, 6) is -0.219. The lowest BCUT2D eigenvalue weighted by atomic mass is 9.62. The molecule has 1 saturated heterocycles. The topological polar surface area (TPSA) is 72.2 Å². The number of fused-ring (bicyclic) bond motifs is 1. The molecule has 1 aliphatic carbocycles. The first-order valence-corrected chi connectivity index (χ1v) is 11.4. The number of nitrogens with two attached hydrogens (primary N) is 1. The minimum atomic E-state index is -0.411. The van der Waals surface area contributed by atoms with Gasteiger partial charge in [-0.25, -0.2) is 0 Å². The summed E-state index contributed by atoms with van der Waals surface area (Å²) in [6.07, 6.45) is 2.80. The van der Waals surface area contributed by atoms with Crippen LogP contribution in [-0.4, -0.2) is 16.4 Å². The van der Waals surface area contributed by atoms with Gasteiger partial charge < -0.3 is 5.73 Å². The quantitative estimate of drug-likeness (QED) is 0.642. The number of amides is 2. The predicted molar refractivity (Wildman–Crippen MR) is 125 cm³/mol. The highest BCUT2D eigenvalue weighted by atomic mass is 32.2. The fraction of sp³-hybridized carbons (Fsp3) is 0.440. The van der Waals surface area contributed by atoms with Crippen molar-refractivity contribution in [3.8, 4) is 11.1 Å². The normalized spacial score (nSPS) is 22.0. The van der Waals surface area contributed by atoms with Crippen LogP contribution in [0.4, 0.5) is 10.5 Å². The summed E-state index contributed by atoms with van der Waals surface area (Å²) in [4.78, 5) is 23.8. The molecule has 0 saturated carbocycles. The largest absolute Gasteiger partial charge is 0.398 e. The second-order valence-corrected chi connectivity index (χ2v) is 11.1. The van der Waals surface area contributed by atoms with Gasteiger partial charge in [0.2, 0.25) is 5.91 Å². The molecule has 0 bridgehead atoms. The van der Waals surface area contributed by atoms with Crippen LogP contribution in [0.3, 0.4) is 0 Å². The van der Waals surface area contributed by atoms with Crippen LogP contribution in [0.2, 0.25) is 0 Å². The Morgan fingerprint density at radius 1 is 1.07 bits per heavy atom. The number of hydrogen-bond donors (Lipinski definition) is 2. The first-order valence-electron chi connectivity index (χ1n) is 10.5. The van der Waals surface area contributed by atoms with Gasteiger partial charge in [-0.15, -0.1) is 0 Å². The van der Waals surface area contributed by atoms with Gasteiger partial charge in [-0.2, -0.15) is 0 Å². The number of imide groups is 1. The van der Waals surface area contributed by atoms with Crippen molar-refractivity contribution in [2.45, 2.75) is 70.0 Å². The number of thioether (sulfide) groups is 1. The Labute approximate surface area is 183 Å². The maximum atomic E-state index is 12.2. The van der Waals surface area contributed by atoms with Crippen molar-refractivity contribution >= 4 is 28.6 Å². The number of nitrogen functional groups attached to an aromatic ring is 1. The number of benzene rings is 2. The third kappa shape index (κ3) is 3.53. The van der Waals surface area contributed by atoms with Crippen molar-refractivity contribution in [3.63, 3.8) is 0 Å². The zero-order chi connectivity index (χ0) is 21.8. The monoisotopic (exact) mass is 422 g/mol. The van der Waals surface area contributed by atoms with E-state index in [4.69, 9.17) is 5.73 Å². The van der Waals surface area contributed by atoms with Crippen molar-refractivity contribution in [2.75, 3.05) is 5.73 Å². The molecule has 1 fully saturated rings. The number of carbonyl (C=O) groups excluding carboxylic acids is 2. The molecule has 4 nitrogen and oxygen atoms in total. The van der Waals surface area contributed by atoms with E-state index < -0.39 is 5.25 Å². The molecular weight excluding hydrogens is 392 g/mol. The van der Waals surface area contributed by atoms with E-state index in [0.717, 1.165) is 34.9 Å². The van der Waals surface area contributed by atoms with Crippen LogP contribution in [0.1, 0.15) is 62.8 Å². The summed E-state index contributed by atoms with van der Waals surface area (Å²) >= 11 is 1.06. The highest BCUT2D eigenvalue weighted by Gasteiger charge is 2.38. The van der Waals surface area contributed by atoms with Crippen LogP contribution in [0, 0.1) is 6.92 Å². The Hall–Kier alpha value is -2.27. The van der Waals surface area contributed by atoms with Gasteiger partial charge in [0.1, 0.15) is 0 Å². The van der Waals surface area contributed by atoms with Crippen molar-refractivity contribution in [2.24, 2.45) is 0 Å². The lowest BCUT2D eigenvalue weighted by Crippen LogP contribution is -2.34.